The average Bonchev–Trinajstić information content (AvgIpc) is 2.83. The molecule has 0 bridgehead atoms. The number of hydrogen-bond acceptors (Lipinski definition) is 7. The van der Waals surface area contributed by atoms with E-state index in [4.69, 9.17) is 5.84 Å². The van der Waals surface area contributed by atoms with E-state index in [1.54, 1.807) is 12.4 Å². The lowest BCUT2D eigenvalue weighted by molar-refractivity contribution is 0.546. The fourth-order valence-electron chi connectivity index (χ4n) is 1.90. The molecule has 2 rings (SSSR count). The smallest absolute Gasteiger partial charge is 0.154 e. The molecule has 1 atom stereocenters. The van der Waals surface area contributed by atoms with Crippen molar-refractivity contribution in [3.63, 3.8) is 0 Å². The minimum atomic E-state index is -0.169. The van der Waals surface area contributed by atoms with E-state index >= 15 is 0 Å². The number of aromatic nitrogens is 5. The van der Waals surface area contributed by atoms with E-state index in [-0.39, 0.29) is 11.5 Å². The highest BCUT2D eigenvalue weighted by Gasteiger charge is 2.20. The van der Waals surface area contributed by atoms with Crippen LogP contribution in [-0.4, -0.2) is 24.7 Å². The van der Waals surface area contributed by atoms with Gasteiger partial charge in [0.15, 0.2) is 5.82 Å². The van der Waals surface area contributed by atoms with Crippen molar-refractivity contribution in [1.29, 1.82) is 0 Å². The number of nitrogen functional groups attached to an aromatic ring is 1. The van der Waals surface area contributed by atoms with Gasteiger partial charge in [-0.05, 0) is 6.92 Å². The zero-order valence-corrected chi connectivity index (χ0v) is 13.0. The Hall–Kier alpha value is -2.22. The normalized spacial score (nSPS) is 13.0. The summed E-state index contributed by atoms with van der Waals surface area (Å²) in [6, 6.07) is 1.73. The minimum absolute atomic E-state index is 0.0363. The van der Waals surface area contributed by atoms with Crippen LogP contribution in [0.5, 0.6) is 0 Å². The van der Waals surface area contributed by atoms with Crippen LogP contribution >= 0.6 is 0 Å². The van der Waals surface area contributed by atoms with Crippen molar-refractivity contribution in [2.75, 3.05) is 10.7 Å². The highest BCUT2D eigenvalue weighted by atomic mass is 15.3. The van der Waals surface area contributed by atoms with E-state index in [0.717, 1.165) is 5.82 Å². The highest BCUT2D eigenvalue weighted by Crippen LogP contribution is 2.23. The molecule has 0 saturated heterocycles. The molecular weight excluding hydrogens is 268 g/mol. The Bertz CT molecular complexity index is 613. The maximum Gasteiger partial charge on any atom is 0.154 e. The quantitative estimate of drug-likeness (QED) is 0.576. The molecule has 0 aliphatic heterocycles. The predicted molar refractivity (Wildman–Crippen MR) is 81.6 cm³/mol. The SMILES string of the molecule is CC(Nc1cc(NN)nc(C(C)(C)C)n1)c1nncn1C. The molecule has 0 amide bonds. The zero-order chi connectivity index (χ0) is 15.6. The van der Waals surface area contributed by atoms with Crippen molar-refractivity contribution in [2.24, 2.45) is 12.9 Å². The first-order valence-electron chi connectivity index (χ1n) is 6.78. The number of hydrazine groups is 1. The van der Waals surface area contributed by atoms with Crippen LogP contribution in [0.3, 0.4) is 0 Å². The van der Waals surface area contributed by atoms with Crippen LogP contribution in [0.2, 0.25) is 0 Å². The fourth-order valence-corrected chi connectivity index (χ4v) is 1.90. The minimum Gasteiger partial charge on any atom is -0.360 e. The van der Waals surface area contributed by atoms with Crippen molar-refractivity contribution in [3.05, 3.63) is 24.0 Å². The molecule has 4 N–H and O–H groups in total. The van der Waals surface area contributed by atoms with Crippen LogP contribution in [0.4, 0.5) is 11.6 Å². The summed E-state index contributed by atoms with van der Waals surface area (Å²) in [6.07, 6.45) is 1.67. The molecule has 0 aliphatic rings. The molecule has 8 heteroatoms. The van der Waals surface area contributed by atoms with Crippen LogP contribution < -0.4 is 16.6 Å². The van der Waals surface area contributed by atoms with E-state index in [9.17, 15) is 0 Å². The summed E-state index contributed by atoms with van der Waals surface area (Å²) < 4.78 is 1.87. The van der Waals surface area contributed by atoms with E-state index in [1.165, 1.54) is 0 Å². The maximum absolute atomic E-state index is 5.49. The third-order valence-electron chi connectivity index (χ3n) is 3.04. The van der Waals surface area contributed by atoms with Gasteiger partial charge >= 0.3 is 0 Å². The van der Waals surface area contributed by atoms with Crippen molar-refractivity contribution in [3.8, 4) is 0 Å². The second-order valence-electron chi connectivity index (χ2n) is 6.02. The van der Waals surface area contributed by atoms with Gasteiger partial charge in [-0.3, -0.25) is 0 Å². The summed E-state index contributed by atoms with van der Waals surface area (Å²) in [7, 11) is 1.90. The van der Waals surface area contributed by atoms with Gasteiger partial charge in [-0.25, -0.2) is 15.8 Å². The fraction of sp³-hybridized carbons (Fsp3) is 0.538. The van der Waals surface area contributed by atoms with Crippen LogP contribution in [0.1, 0.15) is 45.4 Å². The predicted octanol–water partition coefficient (Wildman–Crippen LogP) is 1.36. The Labute approximate surface area is 124 Å². The molecule has 21 heavy (non-hydrogen) atoms. The summed E-state index contributed by atoms with van der Waals surface area (Å²) in [5, 5.41) is 11.3. The lowest BCUT2D eigenvalue weighted by Gasteiger charge is -2.20. The van der Waals surface area contributed by atoms with E-state index < -0.39 is 0 Å². The molecule has 114 valence electrons. The van der Waals surface area contributed by atoms with Gasteiger partial charge in [-0.2, -0.15) is 0 Å². The van der Waals surface area contributed by atoms with E-state index in [1.807, 2.05) is 18.5 Å². The molecule has 2 heterocycles. The average molecular weight is 290 g/mol. The van der Waals surface area contributed by atoms with Gasteiger partial charge in [0, 0.05) is 18.5 Å². The standard InChI is InChI=1S/C13H22N8/c1-8(11-20-15-7-21(11)5)16-9-6-10(19-14)18-12(17-9)13(2,3)4/h6-8H,14H2,1-5H3,(H2,16,17,18,19). The lowest BCUT2D eigenvalue weighted by atomic mass is 9.96. The number of anilines is 2. The molecule has 0 spiro atoms. The highest BCUT2D eigenvalue weighted by molar-refractivity contribution is 5.48. The molecule has 0 aromatic carbocycles. The van der Waals surface area contributed by atoms with E-state index in [0.29, 0.717) is 17.5 Å². The van der Waals surface area contributed by atoms with Gasteiger partial charge in [-0.15, -0.1) is 10.2 Å². The zero-order valence-electron chi connectivity index (χ0n) is 13.0. The molecule has 8 nitrogen and oxygen atoms in total. The lowest BCUT2D eigenvalue weighted by Crippen LogP contribution is -2.21. The Kier molecular flexibility index (Phi) is 4.08. The third kappa shape index (κ3) is 3.46. The Morgan fingerprint density at radius 3 is 2.43 bits per heavy atom. The summed E-state index contributed by atoms with van der Waals surface area (Å²) >= 11 is 0. The monoisotopic (exact) mass is 290 g/mol. The Morgan fingerprint density at radius 2 is 1.90 bits per heavy atom. The number of nitrogens with one attached hydrogen (secondary N) is 2. The molecule has 0 radical (unpaired) electrons. The summed E-state index contributed by atoms with van der Waals surface area (Å²) in [6.45, 7) is 8.16. The van der Waals surface area contributed by atoms with Gasteiger partial charge in [0.25, 0.3) is 0 Å². The Balaban J connectivity index is 2.29. The van der Waals surface area contributed by atoms with Gasteiger partial charge in [0.05, 0.1) is 6.04 Å². The summed E-state index contributed by atoms with van der Waals surface area (Å²) in [5.41, 5.74) is 2.41. The number of rotatable bonds is 4. The number of nitrogens with zero attached hydrogens (tertiary/aromatic N) is 5. The molecular formula is C13H22N8. The third-order valence-corrected chi connectivity index (χ3v) is 3.04. The van der Waals surface area contributed by atoms with E-state index in [2.05, 4.69) is 51.7 Å². The van der Waals surface area contributed by atoms with Gasteiger partial charge in [-0.1, -0.05) is 20.8 Å². The topological polar surface area (TPSA) is 107 Å². The van der Waals surface area contributed by atoms with Crippen LogP contribution in [0.15, 0.2) is 12.4 Å². The van der Waals surface area contributed by atoms with Gasteiger partial charge in [0.2, 0.25) is 0 Å². The summed E-state index contributed by atoms with van der Waals surface area (Å²) in [4.78, 5) is 8.95. The summed E-state index contributed by atoms with van der Waals surface area (Å²) in [5.74, 6) is 8.29. The molecule has 1 unspecified atom stereocenters. The number of nitrogens with two attached hydrogens (primary N) is 1. The molecule has 0 saturated carbocycles. The van der Waals surface area contributed by atoms with Crippen LogP contribution in [-0.2, 0) is 12.5 Å². The number of hydrogen-bond donors (Lipinski definition) is 3. The first-order valence-corrected chi connectivity index (χ1v) is 6.78. The molecule has 0 fully saturated rings. The largest absolute Gasteiger partial charge is 0.360 e. The second kappa shape index (κ2) is 5.65. The van der Waals surface area contributed by atoms with Crippen molar-refractivity contribution in [2.45, 2.75) is 39.2 Å². The van der Waals surface area contributed by atoms with Crippen molar-refractivity contribution >= 4 is 11.6 Å². The van der Waals surface area contributed by atoms with Crippen molar-refractivity contribution < 1.29 is 0 Å². The van der Waals surface area contributed by atoms with Crippen LogP contribution in [0.25, 0.3) is 0 Å². The number of aryl methyl sites for hydroxylation is 1. The molecule has 2 aromatic rings. The van der Waals surface area contributed by atoms with Gasteiger partial charge < -0.3 is 15.3 Å². The van der Waals surface area contributed by atoms with Crippen LogP contribution in [0, 0.1) is 0 Å². The molecule has 0 aliphatic carbocycles. The first kappa shape index (κ1) is 15.2. The Morgan fingerprint density at radius 1 is 1.24 bits per heavy atom. The first-order chi connectivity index (χ1) is 9.81. The molecule has 2 aromatic heterocycles. The van der Waals surface area contributed by atoms with Crippen molar-refractivity contribution in [1.82, 2.24) is 24.7 Å². The second-order valence-corrected chi connectivity index (χ2v) is 6.02. The van der Waals surface area contributed by atoms with Gasteiger partial charge in [0.1, 0.15) is 23.8 Å². The maximum atomic E-state index is 5.49.